The lowest BCUT2D eigenvalue weighted by Crippen LogP contribution is -2.46. The molecule has 44 heavy (non-hydrogen) atoms. The number of likely N-dealkylation sites (N-methyl/N-ethyl adjacent to an activating group) is 1. The van der Waals surface area contributed by atoms with Crippen molar-refractivity contribution >= 4 is 29.2 Å². The van der Waals surface area contributed by atoms with E-state index in [0.29, 0.717) is 23.6 Å². The predicted octanol–water partition coefficient (Wildman–Crippen LogP) is 6.07. The first-order chi connectivity index (χ1) is 21.0. The van der Waals surface area contributed by atoms with Gasteiger partial charge < -0.3 is 19.7 Å². The fourth-order valence-electron chi connectivity index (χ4n) is 6.88. The second-order valence-corrected chi connectivity index (χ2v) is 12.7. The average molecular weight is 595 g/mol. The highest BCUT2D eigenvalue weighted by Gasteiger charge is 2.30. The third-order valence-corrected chi connectivity index (χ3v) is 9.40. The van der Waals surface area contributed by atoms with Crippen LogP contribution < -0.4 is 0 Å². The molecular formula is C37H46N4O3. The summed E-state index contributed by atoms with van der Waals surface area (Å²) >= 11 is 0. The number of ketones is 1. The van der Waals surface area contributed by atoms with Crippen LogP contribution in [0.2, 0.25) is 0 Å². The van der Waals surface area contributed by atoms with E-state index in [0.717, 1.165) is 70.7 Å². The van der Waals surface area contributed by atoms with Crippen LogP contribution in [-0.2, 0) is 16.0 Å². The number of allylic oxidation sites excluding steroid dienone is 1. The van der Waals surface area contributed by atoms with E-state index < -0.39 is 0 Å². The first-order valence-corrected chi connectivity index (χ1v) is 15.9. The Balaban J connectivity index is 1.46. The first kappa shape index (κ1) is 31.5. The number of amides is 2. The van der Waals surface area contributed by atoms with Crippen LogP contribution >= 0.6 is 0 Å². The molecule has 2 aliphatic heterocycles. The molecular weight excluding hydrogens is 548 g/mol. The van der Waals surface area contributed by atoms with Crippen LogP contribution in [0.4, 0.5) is 0 Å². The summed E-state index contributed by atoms with van der Waals surface area (Å²) in [6.07, 6.45) is 6.84. The van der Waals surface area contributed by atoms with Gasteiger partial charge in [-0.15, -0.1) is 0 Å². The van der Waals surface area contributed by atoms with Crippen molar-refractivity contribution < 1.29 is 14.4 Å². The number of hydrogen-bond donors (Lipinski definition) is 1. The second kappa shape index (κ2) is 13.3. The van der Waals surface area contributed by atoms with Crippen molar-refractivity contribution in [1.29, 1.82) is 0 Å². The SMILES string of the molecule is CC(=O)C(=Cc1[nH]c(C)c(C(=O)N2CCC(N3CCCC3)CC2)c1C)c1c(C)cccc1-c1cccc(CC(=O)N(C)C)c1. The van der Waals surface area contributed by atoms with E-state index in [1.807, 2.05) is 74.2 Å². The van der Waals surface area contributed by atoms with Crippen LogP contribution in [-0.4, -0.2) is 83.6 Å². The number of likely N-dealkylation sites (tertiary alicyclic amines) is 2. The lowest BCUT2D eigenvalue weighted by molar-refractivity contribution is -0.128. The van der Waals surface area contributed by atoms with Crippen LogP contribution in [0.1, 0.15) is 76.6 Å². The molecule has 7 nitrogen and oxygen atoms in total. The number of hydrogen-bond acceptors (Lipinski definition) is 4. The van der Waals surface area contributed by atoms with Crippen LogP contribution in [0.25, 0.3) is 22.8 Å². The Morgan fingerprint density at radius 2 is 1.61 bits per heavy atom. The number of rotatable bonds is 8. The maximum absolute atomic E-state index is 13.8. The van der Waals surface area contributed by atoms with E-state index in [4.69, 9.17) is 0 Å². The number of aryl methyl sites for hydroxylation is 2. The van der Waals surface area contributed by atoms with E-state index in [1.54, 1.807) is 25.9 Å². The Hall–Kier alpha value is -3.97. The van der Waals surface area contributed by atoms with Gasteiger partial charge in [-0.1, -0.05) is 42.5 Å². The number of nitrogens with zero attached hydrogens (tertiary/aromatic N) is 3. The van der Waals surface area contributed by atoms with Gasteiger partial charge in [-0.2, -0.15) is 0 Å². The molecule has 5 rings (SSSR count). The lowest BCUT2D eigenvalue weighted by Gasteiger charge is -2.36. The summed E-state index contributed by atoms with van der Waals surface area (Å²) in [5.74, 6) is 0.0543. The fraction of sp³-hybridized carbons (Fsp3) is 0.432. The number of carbonyl (C=O) groups is 3. The van der Waals surface area contributed by atoms with Crippen molar-refractivity contribution in [2.24, 2.45) is 0 Å². The molecule has 0 saturated carbocycles. The molecule has 2 aliphatic rings. The Morgan fingerprint density at radius 1 is 0.932 bits per heavy atom. The summed E-state index contributed by atoms with van der Waals surface area (Å²) in [7, 11) is 3.52. The molecule has 2 fully saturated rings. The van der Waals surface area contributed by atoms with Gasteiger partial charge in [0, 0.05) is 50.2 Å². The number of aromatic amines is 1. The van der Waals surface area contributed by atoms with Gasteiger partial charge in [-0.25, -0.2) is 0 Å². The van der Waals surface area contributed by atoms with Crippen LogP contribution in [0.5, 0.6) is 0 Å². The standard InChI is InChI=1S/C37H46N4O3/c1-24-11-9-14-31(29-13-10-12-28(21-29)22-34(43)39(5)6)35(24)32(27(4)42)23-33-25(2)36(26(3)38-33)37(44)41-19-15-30(16-20-41)40-17-7-8-18-40/h9-14,21,23,30,38H,7-8,15-20,22H2,1-6H3. The molecule has 0 spiro atoms. The molecule has 3 heterocycles. The van der Waals surface area contributed by atoms with Crippen molar-refractivity contribution in [1.82, 2.24) is 19.7 Å². The first-order valence-electron chi connectivity index (χ1n) is 15.9. The van der Waals surface area contributed by atoms with Crippen molar-refractivity contribution in [3.05, 3.63) is 81.7 Å². The third-order valence-electron chi connectivity index (χ3n) is 9.40. The Morgan fingerprint density at radius 3 is 2.27 bits per heavy atom. The second-order valence-electron chi connectivity index (χ2n) is 12.7. The molecule has 1 N–H and O–H groups in total. The molecule has 0 unspecified atom stereocenters. The quantitative estimate of drug-likeness (QED) is 0.322. The molecule has 0 radical (unpaired) electrons. The van der Waals surface area contributed by atoms with Crippen molar-refractivity contribution in [3.8, 4) is 11.1 Å². The lowest BCUT2D eigenvalue weighted by atomic mass is 9.88. The van der Waals surface area contributed by atoms with Crippen molar-refractivity contribution in [2.75, 3.05) is 40.3 Å². The minimum Gasteiger partial charge on any atom is -0.358 e. The largest absolute Gasteiger partial charge is 0.358 e. The van der Waals surface area contributed by atoms with Crippen LogP contribution in [0, 0.1) is 20.8 Å². The molecule has 1 aromatic heterocycles. The van der Waals surface area contributed by atoms with Gasteiger partial charge in [0.15, 0.2) is 5.78 Å². The van der Waals surface area contributed by atoms with Gasteiger partial charge in [0.25, 0.3) is 5.91 Å². The van der Waals surface area contributed by atoms with Crippen molar-refractivity contribution in [3.63, 3.8) is 0 Å². The normalized spacial score (nSPS) is 16.4. The topological polar surface area (TPSA) is 76.7 Å². The smallest absolute Gasteiger partial charge is 0.255 e. The molecule has 0 atom stereocenters. The zero-order valence-electron chi connectivity index (χ0n) is 27.1. The zero-order valence-corrected chi connectivity index (χ0v) is 27.1. The van der Waals surface area contributed by atoms with E-state index in [-0.39, 0.29) is 17.6 Å². The highest BCUT2D eigenvalue weighted by Crippen LogP contribution is 2.35. The number of aromatic nitrogens is 1. The maximum Gasteiger partial charge on any atom is 0.255 e. The fourth-order valence-corrected chi connectivity index (χ4v) is 6.88. The average Bonchev–Trinajstić information content (AvgIpc) is 3.63. The summed E-state index contributed by atoms with van der Waals surface area (Å²) < 4.78 is 0. The molecule has 232 valence electrons. The third kappa shape index (κ3) is 6.58. The maximum atomic E-state index is 13.8. The molecule has 2 amide bonds. The number of nitrogens with one attached hydrogen (secondary N) is 1. The minimum atomic E-state index is -0.0528. The predicted molar refractivity (Wildman–Crippen MR) is 178 cm³/mol. The highest BCUT2D eigenvalue weighted by atomic mass is 16.2. The van der Waals surface area contributed by atoms with E-state index in [1.165, 1.54) is 25.9 Å². The molecule has 0 aliphatic carbocycles. The van der Waals surface area contributed by atoms with Crippen LogP contribution in [0.3, 0.4) is 0 Å². The summed E-state index contributed by atoms with van der Waals surface area (Å²) in [4.78, 5) is 49.1. The molecule has 2 aromatic carbocycles. The monoisotopic (exact) mass is 594 g/mol. The van der Waals surface area contributed by atoms with Crippen molar-refractivity contribution in [2.45, 2.75) is 65.8 Å². The number of Topliss-reactive ketones (excluding diaryl/α,β-unsaturated/α-hetero) is 1. The Bertz CT molecular complexity index is 1580. The minimum absolute atomic E-state index is 0.0369. The van der Waals surface area contributed by atoms with E-state index in [2.05, 4.69) is 9.88 Å². The van der Waals surface area contributed by atoms with E-state index in [9.17, 15) is 14.4 Å². The van der Waals surface area contributed by atoms with Gasteiger partial charge >= 0.3 is 0 Å². The number of H-pyrrole nitrogens is 1. The number of piperidine rings is 1. The van der Waals surface area contributed by atoms with Gasteiger partial charge in [-0.3, -0.25) is 14.4 Å². The van der Waals surface area contributed by atoms with Gasteiger partial charge in [-0.05, 0) is 106 Å². The molecule has 2 saturated heterocycles. The van der Waals surface area contributed by atoms with Gasteiger partial charge in [0.05, 0.1) is 12.0 Å². The Labute approximate surface area is 261 Å². The molecule has 7 heteroatoms. The Kier molecular flexibility index (Phi) is 9.54. The van der Waals surface area contributed by atoms with Crippen LogP contribution in [0.15, 0.2) is 42.5 Å². The molecule has 3 aromatic rings. The number of benzene rings is 2. The van der Waals surface area contributed by atoms with Gasteiger partial charge in [0.1, 0.15) is 0 Å². The highest BCUT2D eigenvalue weighted by molar-refractivity contribution is 6.26. The van der Waals surface area contributed by atoms with Gasteiger partial charge in [0.2, 0.25) is 5.91 Å². The summed E-state index contributed by atoms with van der Waals surface area (Å²) in [5, 5.41) is 0. The summed E-state index contributed by atoms with van der Waals surface area (Å²) in [5.41, 5.74) is 8.42. The summed E-state index contributed by atoms with van der Waals surface area (Å²) in [6, 6.07) is 14.6. The number of carbonyl (C=O) groups excluding carboxylic acids is 3. The summed E-state index contributed by atoms with van der Waals surface area (Å²) in [6.45, 7) is 11.5. The van der Waals surface area contributed by atoms with E-state index >= 15 is 0 Å². The molecule has 0 bridgehead atoms. The zero-order chi connectivity index (χ0) is 31.5.